The first kappa shape index (κ1) is 22.7. The van der Waals surface area contributed by atoms with Gasteiger partial charge in [0.1, 0.15) is 6.61 Å². The second-order valence-corrected chi connectivity index (χ2v) is 7.91. The molecule has 0 saturated heterocycles. The zero-order valence-electron chi connectivity index (χ0n) is 14.6. The number of pyridine rings is 1. The van der Waals surface area contributed by atoms with Crippen molar-refractivity contribution in [3.8, 4) is 5.88 Å². The lowest BCUT2D eigenvalue weighted by Crippen LogP contribution is -2.25. The number of hydrogen-bond acceptors (Lipinski definition) is 5. The number of halogens is 2. The second-order valence-electron chi connectivity index (χ2n) is 5.69. The molecule has 0 radical (unpaired) electrons. The Balaban J connectivity index is 0.00000338. The fourth-order valence-corrected chi connectivity index (χ4v) is 3.11. The molecule has 0 aliphatic rings. The van der Waals surface area contributed by atoms with Crippen LogP contribution in [0.15, 0.2) is 42.6 Å². The molecule has 0 unspecified atom stereocenters. The molecular formula is C17H23Cl2N3O3S. The lowest BCUT2D eigenvalue weighted by molar-refractivity contribution is 0.302. The first-order valence-corrected chi connectivity index (χ1v) is 10.1. The summed E-state index contributed by atoms with van der Waals surface area (Å²) in [5.41, 5.74) is 2.03. The van der Waals surface area contributed by atoms with Crippen LogP contribution in [0.3, 0.4) is 0 Å². The van der Waals surface area contributed by atoms with Gasteiger partial charge in [-0.15, -0.1) is 12.4 Å². The molecule has 2 aromatic rings. The molecule has 144 valence electrons. The molecule has 1 aromatic carbocycles. The molecule has 0 saturated carbocycles. The topological polar surface area (TPSA) is 80.3 Å². The Labute approximate surface area is 165 Å². The normalized spacial score (nSPS) is 12.3. The Hall–Kier alpha value is -1.38. The van der Waals surface area contributed by atoms with E-state index in [-0.39, 0.29) is 18.4 Å². The summed E-state index contributed by atoms with van der Waals surface area (Å²) in [6.45, 7) is 3.70. The Morgan fingerprint density at radius 1 is 1.19 bits per heavy atom. The van der Waals surface area contributed by atoms with Crippen LogP contribution in [0, 0.1) is 0 Å². The minimum Gasteiger partial charge on any atom is -0.476 e. The molecule has 2 N–H and O–H groups in total. The molecule has 0 spiro atoms. The van der Waals surface area contributed by atoms with Crippen molar-refractivity contribution in [1.82, 2.24) is 15.0 Å². The first-order chi connectivity index (χ1) is 11.8. The van der Waals surface area contributed by atoms with Crippen LogP contribution in [0.25, 0.3) is 0 Å². The fraction of sp³-hybridized carbons (Fsp3) is 0.353. The lowest BCUT2D eigenvalue weighted by Gasteiger charge is -2.13. The monoisotopic (exact) mass is 419 g/mol. The molecule has 0 aliphatic carbocycles. The highest BCUT2D eigenvalue weighted by Gasteiger charge is 2.10. The van der Waals surface area contributed by atoms with E-state index < -0.39 is 10.0 Å². The van der Waals surface area contributed by atoms with Gasteiger partial charge in [0.2, 0.25) is 15.9 Å². The van der Waals surface area contributed by atoms with Gasteiger partial charge < -0.3 is 10.1 Å². The van der Waals surface area contributed by atoms with E-state index in [0.717, 1.165) is 17.4 Å². The van der Waals surface area contributed by atoms with Crippen molar-refractivity contribution >= 4 is 34.0 Å². The standard InChI is InChI=1S/C17H22ClN3O3S.ClH/c1-13(21-25(2,22)23)15-5-3-14(4-6-15)11-19-9-10-24-17-8-7-16(18)12-20-17;/h3-8,12-13,19,21H,9-11H2,1-2H3;1H/t13-;/m1./s1. The number of nitrogens with zero attached hydrogens (tertiary/aromatic N) is 1. The van der Waals surface area contributed by atoms with Crippen molar-refractivity contribution in [2.45, 2.75) is 19.5 Å². The maximum absolute atomic E-state index is 11.3. The van der Waals surface area contributed by atoms with Crippen LogP contribution in [-0.4, -0.2) is 32.8 Å². The number of hydrogen-bond donors (Lipinski definition) is 2. The molecule has 1 atom stereocenters. The number of aromatic nitrogens is 1. The number of sulfonamides is 1. The van der Waals surface area contributed by atoms with Crippen molar-refractivity contribution in [3.05, 3.63) is 58.7 Å². The molecule has 0 fully saturated rings. The molecule has 1 heterocycles. The fourth-order valence-electron chi connectivity index (χ4n) is 2.22. The van der Waals surface area contributed by atoms with Crippen molar-refractivity contribution < 1.29 is 13.2 Å². The molecule has 9 heteroatoms. The third-order valence-corrected chi connectivity index (χ3v) is 4.43. The van der Waals surface area contributed by atoms with Gasteiger partial charge in [-0.3, -0.25) is 0 Å². The second kappa shape index (κ2) is 10.7. The van der Waals surface area contributed by atoms with Gasteiger partial charge in [0.25, 0.3) is 0 Å². The van der Waals surface area contributed by atoms with Crippen molar-refractivity contribution in [1.29, 1.82) is 0 Å². The molecule has 2 rings (SSSR count). The summed E-state index contributed by atoms with van der Waals surface area (Å²) in [5, 5.41) is 3.86. The molecule has 0 bridgehead atoms. The van der Waals surface area contributed by atoms with Crippen LogP contribution in [0.2, 0.25) is 5.02 Å². The van der Waals surface area contributed by atoms with E-state index >= 15 is 0 Å². The summed E-state index contributed by atoms with van der Waals surface area (Å²) in [5.74, 6) is 0.544. The van der Waals surface area contributed by atoms with Crippen molar-refractivity contribution in [2.75, 3.05) is 19.4 Å². The number of ether oxygens (including phenoxy) is 1. The molecular weight excluding hydrogens is 397 g/mol. The smallest absolute Gasteiger partial charge is 0.213 e. The van der Waals surface area contributed by atoms with Crippen molar-refractivity contribution in [3.63, 3.8) is 0 Å². The Kier molecular flexibility index (Phi) is 9.32. The highest BCUT2D eigenvalue weighted by atomic mass is 35.5. The molecule has 1 aromatic heterocycles. The SMILES string of the molecule is C[C@@H](NS(C)(=O)=O)c1ccc(CNCCOc2ccc(Cl)cn2)cc1.Cl. The van der Waals surface area contributed by atoms with E-state index in [9.17, 15) is 8.42 Å². The minimum atomic E-state index is -3.22. The highest BCUT2D eigenvalue weighted by molar-refractivity contribution is 7.88. The first-order valence-electron chi connectivity index (χ1n) is 7.85. The van der Waals surface area contributed by atoms with Gasteiger partial charge >= 0.3 is 0 Å². The largest absolute Gasteiger partial charge is 0.476 e. The summed E-state index contributed by atoms with van der Waals surface area (Å²) in [7, 11) is -3.22. The predicted molar refractivity (Wildman–Crippen MR) is 107 cm³/mol. The Bertz CT molecular complexity index is 769. The number of rotatable bonds is 9. The van der Waals surface area contributed by atoms with Gasteiger partial charge in [0.15, 0.2) is 0 Å². The minimum absolute atomic E-state index is 0. The molecule has 0 amide bonds. The summed E-state index contributed by atoms with van der Waals surface area (Å²) < 4.78 is 30.6. The maximum Gasteiger partial charge on any atom is 0.213 e. The number of benzene rings is 1. The zero-order valence-corrected chi connectivity index (χ0v) is 17.0. The van der Waals surface area contributed by atoms with Crippen LogP contribution in [0.4, 0.5) is 0 Å². The molecule has 26 heavy (non-hydrogen) atoms. The van der Waals surface area contributed by atoms with Crippen LogP contribution < -0.4 is 14.8 Å². The summed E-state index contributed by atoms with van der Waals surface area (Å²) in [6.07, 6.45) is 2.70. The highest BCUT2D eigenvalue weighted by Crippen LogP contribution is 2.14. The van der Waals surface area contributed by atoms with Crippen LogP contribution in [0.5, 0.6) is 5.88 Å². The average Bonchev–Trinajstić information content (AvgIpc) is 2.55. The third-order valence-electron chi connectivity index (χ3n) is 3.43. The van der Waals surface area contributed by atoms with E-state index in [0.29, 0.717) is 30.6 Å². The van der Waals surface area contributed by atoms with Gasteiger partial charge in [-0.1, -0.05) is 35.9 Å². The van der Waals surface area contributed by atoms with Crippen LogP contribution in [-0.2, 0) is 16.6 Å². The average molecular weight is 420 g/mol. The lowest BCUT2D eigenvalue weighted by atomic mass is 10.1. The van der Waals surface area contributed by atoms with E-state index in [1.165, 1.54) is 0 Å². The van der Waals surface area contributed by atoms with E-state index in [1.807, 2.05) is 31.2 Å². The van der Waals surface area contributed by atoms with E-state index in [2.05, 4.69) is 15.0 Å². The zero-order chi connectivity index (χ0) is 18.3. The van der Waals surface area contributed by atoms with E-state index in [4.69, 9.17) is 16.3 Å². The van der Waals surface area contributed by atoms with Gasteiger partial charge in [0.05, 0.1) is 11.3 Å². The van der Waals surface area contributed by atoms with Crippen molar-refractivity contribution in [2.24, 2.45) is 0 Å². The maximum atomic E-state index is 11.3. The molecule has 6 nitrogen and oxygen atoms in total. The molecule has 0 aliphatic heterocycles. The third kappa shape index (κ3) is 8.33. The predicted octanol–water partition coefficient (Wildman–Crippen LogP) is 2.94. The van der Waals surface area contributed by atoms with Crippen LogP contribution in [0.1, 0.15) is 24.1 Å². The Morgan fingerprint density at radius 2 is 1.88 bits per heavy atom. The quantitative estimate of drug-likeness (QED) is 0.610. The van der Waals surface area contributed by atoms with Gasteiger partial charge in [0, 0.05) is 31.4 Å². The summed E-state index contributed by atoms with van der Waals surface area (Å²) in [6, 6.07) is 11.0. The van der Waals surface area contributed by atoms with Gasteiger partial charge in [-0.05, 0) is 24.1 Å². The van der Waals surface area contributed by atoms with Gasteiger partial charge in [-0.2, -0.15) is 0 Å². The number of nitrogens with one attached hydrogen (secondary N) is 2. The van der Waals surface area contributed by atoms with Gasteiger partial charge in [-0.25, -0.2) is 18.1 Å². The summed E-state index contributed by atoms with van der Waals surface area (Å²) in [4.78, 5) is 4.05. The summed E-state index contributed by atoms with van der Waals surface area (Å²) >= 11 is 5.76. The van der Waals surface area contributed by atoms with E-state index in [1.54, 1.807) is 18.3 Å². The Morgan fingerprint density at radius 3 is 2.46 bits per heavy atom. The van der Waals surface area contributed by atoms with Crippen LogP contribution >= 0.6 is 24.0 Å².